The molecule has 0 amide bonds. The van der Waals surface area contributed by atoms with Gasteiger partial charge in [-0.3, -0.25) is 4.99 Å². The van der Waals surface area contributed by atoms with E-state index >= 15 is 0 Å². The minimum absolute atomic E-state index is 0.000648. The predicted molar refractivity (Wildman–Crippen MR) is 53.0 cm³/mol. The summed E-state index contributed by atoms with van der Waals surface area (Å²) in [5, 5.41) is 3.55. The number of nitrogens with zero attached hydrogens (tertiary/aromatic N) is 1. The fraction of sp³-hybridized carbons (Fsp3) is 0.833. The molecule has 72 valence electrons. The Balaban J connectivity index is 3.70. The van der Waals surface area contributed by atoms with Gasteiger partial charge in [-0.25, -0.2) is 0 Å². The van der Waals surface area contributed by atoms with Crippen LogP contribution in [0, 0.1) is 0 Å². The molecule has 4 N–H and O–H groups in total. The first-order valence-corrected chi connectivity index (χ1v) is 4.76. The average Bonchev–Trinajstić information content (AvgIpc) is 2.11. The number of likely N-dealkylation sites (N-methyl/N-ethyl adjacent to an activating group) is 1. The smallest absolute Gasteiger partial charge is 0.153 e. The monoisotopic (exact) mass is 192 g/mol. The Bertz CT molecular complexity index is 142. The fourth-order valence-corrected chi connectivity index (χ4v) is 0.779. The number of hydrogen-bond acceptors (Lipinski definition) is 5. The van der Waals surface area contributed by atoms with Crippen LogP contribution in [0.5, 0.6) is 0 Å². The molecule has 0 aliphatic rings. The van der Waals surface area contributed by atoms with Crippen molar-refractivity contribution in [1.82, 2.24) is 10.8 Å². The van der Waals surface area contributed by atoms with Gasteiger partial charge in [0.1, 0.15) is 6.17 Å². The Morgan fingerprint density at radius 2 is 2.42 bits per heavy atom. The summed E-state index contributed by atoms with van der Waals surface area (Å²) in [6.45, 7) is 0.553. The lowest BCUT2D eigenvalue weighted by molar-refractivity contribution is 0.0554. The highest BCUT2D eigenvalue weighted by Gasteiger charge is 2.02. The molecular weight excluding hydrogens is 176 g/mol. The van der Waals surface area contributed by atoms with E-state index in [2.05, 4.69) is 15.8 Å². The van der Waals surface area contributed by atoms with Crippen LogP contribution in [0.2, 0.25) is 0 Å². The van der Waals surface area contributed by atoms with Crippen molar-refractivity contribution in [2.24, 2.45) is 10.7 Å². The van der Waals surface area contributed by atoms with E-state index < -0.39 is 0 Å². The van der Waals surface area contributed by atoms with Gasteiger partial charge in [-0.1, -0.05) is 11.8 Å². The van der Waals surface area contributed by atoms with Crippen LogP contribution >= 0.6 is 11.8 Å². The summed E-state index contributed by atoms with van der Waals surface area (Å²) in [5.41, 5.74) is 8.22. The third-order valence-electron chi connectivity index (χ3n) is 1.25. The molecule has 0 aliphatic heterocycles. The van der Waals surface area contributed by atoms with E-state index in [1.54, 1.807) is 7.11 Å². The van der Waals surface area contributed by atoms with Crippen molar-refractivity contribution in [3.8, 4) is 0 Å². The van der Waals surface area contributed by atoms with Gasteiger partial charge in [0.05, 0.1) is 13.7 Å². The molecule has 1 atom stereocenters. The first-order valence-electron chi connectivity index (χ1n) is 3.54. The maximum absolute atomic E-state index is 5.49. The second kappa shape index (κ2) is 7.35. The number of nitrogens with one attached hydrogen (secondary N) is 2. The third-order valence-corrected chi connectivity index (χ3v) is 1.79. The van der Waals surface area contributed by atoms with Gasteiger partial charge in [0.2, 0.25) is 0 Å². The van der Waals surface area contributed by atoms with Gasteiger partial charge < -0.3 is 15.9 Å². The van der Waals surface area contributed by atoms with Crippen molar-refractivity contribution in [2.75, 3.05) is 27.0 Å². The SMILES string of the molecule is CNC(C/N=C(/N)SC)NOC. The van der Waals surface area contributed by atoms with Crippen molar-refractivity contribution in [3.05, 3.63) is 0 Å². The van der Waals surface area contributed by atoms with E-state index in [1.165, 1.54) is 11.8 Å². The molecule has 0 saturated carbocycles. The lowest BCUT2D eigenvalue weighted by Crippen LogP contribution is -2.42. The zero-order valence-corrected chi connectivity index (χ0v) is 8.44. The van der Waals surface area contributed by atoms with E-state index in [0.29, 0.717) is 11.7 Å². The molecule has 0 bridgehead atoms. The van der Waals surface area contributed by atoms with E-state index in [1.807, 2.05) is 13.3 Å². The molecule has 0 aliphatic carbocycles. The summed E-state index contributed by atoms with van der Waals surface area (Å²) < 4.78 is 0. The molecule has 5 nitrogen and oxygen atoms in total. The zero-order valence-electron chi connectivity index (χ0n) is 7.63. The van der Waals surface area contributed by atoms with Crippen molar-refractivity contribution in [2.45, 2.75) is 6.17 Å². The Morgan fingerprint density at radius 3 is 2.83 bits per heavy atom. The summed E-state index contributed by atoms with van der Waals surface area (Å²) in [4.78, 5) is 8.82. The number of amidine groups is 1. The summed E-state index contributed by atoms with van der Waals surface area (Å²) in [7, 11) is 3.38. The van der Waals surface area contributed by atoms with Crippen LogP contribution in [0.25, 0.3) is 0 Å². The van der Waals surface area contributed by atoms with Gasteiger partial charge in [-0.2, -0.15) is 5.48 Å². The Kier molecular flexibility index (Phi) is 7.17. The van der Waals surface area contributed by atoms with Crippen LogP contribution in [-0.4, -0.2) is 38.3 Å². The van der Waals surface area contributed by atoms with Gasteiger partial charge in [0, 0.05) is 0 Å². The van der Waals surface area contributed by atoms with Crippen LogP contribution in [0.15, 0.2) is 4.99 Å². The highest BCUT2D eigenvalue weighted by Crippen LogP contribution is 1.91. The highest BCUT2D eigenvalue weighted by molar-refractivity contribution is 8.13. The van der Waals surface area contributed by atoms with Crippen molar-refractivity contribution < 1.29 is 4.84 Å². The molecule has 1 unspecified atom stereocenters. The van der Waals surface area contributed by atoms with Gasteiger partial charge in [-0.15, -0.1) is 0 Å². The second-order valence-electron chi connectivity index (χ2n) is 2.05. The molecule has 0 radical (unpaired) electrons. The van der Waals surface area contributed by atoms with E-state index in [4.69, 9.17) is 10.6 Å². The largest absolute Gasteiger partial charge is 0.379 e. The number of rotatable bonds is 5. The molecule has 6 heteroatoms. The maximum Gasteiger partial charge on any atom is 0.153 e. The Labute approximate surface area is 77.1 Å². The summed E-state index contributed by atoms with van der Waals surface area (Å²) in [5.74, 6) is 0. The standard InChI is InChI=1S/C6H16N4OS/c1-8-5(10-11-2)4-9-6(7)12-3/h5,8,10H,4H2,1-3H3,(H2,7,9). The third kappa shape index (κ3) is 5.36. The summed E-state index contributed by atoms with van der Waals surface area (Å²) in [6, 6.07) is 0. The second-order valence-corrected chi connectivity index (χ2v) is 2.87. The Morgan fingerprint density at radius 1 is 1.75 bits per heavy atom. The lowest BCUT2D eigenvalue weighted by Gasteiger charge is -2.13. The number of hydrogen-bond donors (Lipinski definition) is 3. The molecular formula is C6H16N4OS. The van der Waals surface area contributed by atoms with Crippen molar-refractivity contribution in [3.63, 3.8) is 0 Å². The van der Waals surface area contributed by atoms with Gasteiger partial charge in [0.15, 0.2) is 5.17 Å². The van der Waals surface area contributed by atoms with Gasteiger partial charge in [0.25, 0.3) is 0 Å². The van der Waals surface area contributed by atoms with Gasteiger partial charge >= 0.3 is 0 Å². The molecule has 0 saturated heterocycles. The zero-order chi connectivity index (χ0) is 9.40. The van der Waals surface area contributed by atoms with Crippen molar-refractivity contribution >= 4 is 16.9 Å². The number of thioether (sulfide) groups is 1. The molecule has 0 spiro atoms. The molecule has 0 rings (SSSR count). The first-order chi connectivity index (χ1) is 5.74. The van der Waals surface area contributed by atoms with E-state index in [9.17, 15) is 0 Å². The number of aliphatic imine (C=N–C) groups is 1. The fourth-order valence-electron chi connectivity index (χ4n) is 0.576. The molecule has 0 aromatic carbocycles. The van der Waals surface area contributed by atoms with Crippen LogP contribution in [0.4, 0.5) is 0 Å². The maximum atomic E-state index is 5.49. The van der Waals surface area contributed by atoms with Gasteiger partial charge in [-0.05, 0) is 13.3 Å². The molecule has 0 heterocycles. The molecule has 0 aromatic heterocycles. The molecule has 0 aromatic rings. The van der Waals surface area contributed by atoms with E-state index in [0.717, 1.165) is 0 Å². The predicted octanol–water partition coefficient (Wildman–Crippen LogP) is -0.639. The van der Waals surface area contributed by atoms with E-state index in [-0.39, 0.29) is 6.17 Å². The van der Waals surface area contributed by atoms with Crippen molar-refractivity contribution in [1.29, 1.82) is 0 Å². The van der Waals surface area contributed by atoms with Crippen LogP contribution in [0.3, 0.4) is 0 Å². The minimum Gasteiger partial charge on any atom is -0.379 e. The number of hydroxylamine groups is 1. The van der Waals surface area contributed by atoms with Crippen LogP contribution in [-0.2, 0) is 4.84 Å². The quantitative estimate of drug-likeness (QED) is 0.234. The first kappa shape index (κ1) is 11.7. The normalized spacial score (nSPS) is 14.8. The minimum atomic E-state index is 0.000648. The highest BCUT2D eigenvalue weighted by atomic mass is 32.2. The lowest BCUT2D eigenvalue weighted by atomic mass is 10.5. The topological polar surface area (TPSA) is 71.7 Å². The average molecular weight is 192 g/mol. The molecule has 12 heavy (non-hydrogen) atoms. The molecule has 0 fully saturated rings. The summed E-state index contributed by atoms with van der Waals surface area (Å²) >= 11 is 1.43. The van der Waals surface area contributed by atoms with Crippen LogP contribution < -0.4 is 16.5 Å². The summed E-state index contributed by atoms with van der Waals surface area (Å²) in [6.07, 6.45) is 1.89. The number of nitrogens with two attached hydrogens (primary N) is 1. The van der Waals surface area contributed by atoms with Crippen LogP contribution in [0.1, 0.15) is 0 Å². The Hall–Kier alpha value is -0.300.